The smallest absolute Gasteiger partial charge is 0.253 e. The maximum absolute atomic E-state index is 12.6. The van der Waals surface area contributed by atoms with Crippen LogP contribution in [0.2, 0.25) is 0 Å². The van der Waals surface area contributed by atoms with E-state index in [1.165, 1.54) is 6.26 Å². The lowest BCUT2D eigenvalue weighted by Gasteiger charge is -2.24. The van der Waals surface area contributed by atoms with Crippen molar-refractivity contribution in [2.75, 3.05) is 6.26 Å². The van der Waals surface area contributed by atoms with E-state index in [1.54, 1.807) is 32.4 Å². The molecule has 7 heteroatoms. The number of rotatable bonds is 6. The van der Waals surface area contributed by atoms with Gasteiger partial charge in [0.1, 0.15) is 0 Å². The van der Waals surface area contributed by atoms with E-state index in [0.717, 1.165) is 46.0 Å². The van der Waals surface area contributed by atoms with Gasteiger partial charge in [-0.05, 0) is 73.7 Å². The van der Waals surface area contributed by atoms with Crippen LogP contribution in [0.3, 0.4) is 0 Å². The minimum Gasteiger partial charge on any atom is -0.349 e. The Morgan fingerprint density at radius 2 is 1.74 bits per heavy atom. The minimum atomic E-state index is -3.36. The van der Waals surface area contributed by atoms with Crippen LogP contribution in [0.4, 0.5) is 0 Å². The summed E-state index contributed by atoms with van der Waals surface area (Å²) in [7, 11) is -3.36. The normalized spacial score (nSPS) is 14.1. The number of carbonyl (C=O) groups excluding carboxylic acids is 1. The highest BCUT2D eigenvalue weighted by Gasteiger charge is 2.33. The summed E-state index contributed by atoms with van der Waals surface area (Å²) in [5.41, 5.74) is 5.55. The molecule has 0 atom stereocenters. The standard InChI is InChI=1S/C28H27N3O3S/c1-28(2,35(3,33)34)23-14-20-8-5-11-30-26(20)25(15-23)19-7-4-6-18(12-19)21-13-22(17-29-16-21)27(32)31-24-9-10-24/h4-8,11-17,24H,9-10H2,1-3H3,(H,31,32). The molecule has 0 unspecified atom stereocenters. The molecule has 2 heterocycles. The molecule has 2 aromatic carbocycles. The van der Waals surface area contributed by atoms with E-state index >= 15 is 0 Å². The predicted molar refractivity (Wildman–Crippen MR) is 139 cm³/mol. The molecule has 0 spiro atoms. The molecule has 1 saturated carbocycles. The van der Waals surface area contributed by atoms with E-state index in [1.807, 2.05) is 54.6 Å². The molecule has 6 nitrogen and oxygen atoms in total. The van der Waals surface area contributed by atoms with Crippen LogP contribution in [0.5, 0.6) is 0 Å². The van der Waals surface area contributed by atoms with Crippen LogP contribution in [0.1, 0.15) is 42.6 Å². The van der Waals surface area contributed by atoms with E-state index in [2.05, 4.69) is 15.3 Å². The first-order chi connectivity index (χ1) is 16.6. The van der Waals surface area contributed by atoms with Gasteiger partial charge in [-0.25, -0.2) is 8.42 Å². The van der Waals surface area contributed by atoms with E-state index < -0.39 is 14.6 Å². The molecular formula is C28H27N3O3S. The van der Waals surface area contributed by atoms with Crippen molar-refractivity contribution in [1.29, 1.82) is 0 Å². The van der Waals surface area contributed by atoms with Crippen LogP contribution < -0.4 is 5.32 Å². The zero-order chi connectivity index (χ0) is 24.8. The monoisotopic (exact) mass is 485 g/mol. The first-order valence-corrected chi connectivity index (χ1v) is 13.5. The Hall–Kier alpha value is -3.58. The van der Waals surface area contributed by atoms with Gasteiger partial charge in [-0.3, -0.25) is 14.8 Å². The van der Waals surface area contributed by atoms with Crippen LogP contribution in [-0.4, -0.2) is 36.6 Å². The summed E-state index contributed by atoms with van der Waals surface area (Å²) < 4.78 is 24.1. The second kappa shape index (κ2) is 8.57. The lowest BCUT2D eigenvalue weighted by molar-refractivity contribution is 0.0950. The van der Waals surface area contributed by atoms with Gasteiger partial charge in [0.05, 0.1) is 15.8 Å². The molecule has 1 fully saturated rings. The van der Waals surface area contributed by atoms with Gasteiger partial charge in [-0.1, -0.05) is 24.3 Å². The Balaban J connectivity index is 1.61. The van der Waals surface area contributed by atoms with Crippen LogP contribution in [0.25, 0.3) is 33.2 Å². The predicted octanol–water partition coefficient (Wildman–Crippen LogP) is 5.14. The quantitative estimate of drug-likeness (QED) is 0.409. The summed E-state index contributed by atoms with van der Waals surface area (Å²) in [5.74, 6) is -0.107. The number of aromatic nitrogens is 2. The number of pyridine rings is 2. The van der Waals surface area contributed by atoms with Crippen molar-refractivity contribution in [1.82, 2.24) is 15.3 Å². The zero-order valence-electron chi connectivity index (χ0n) is 19.9. The van der Waals surface area contributed by atoms with Crippen molar-refractivity contribution in [3.8, 4) is 22.3 Å². The summed E-state index contributed by atoms with van der Waals surface area (Å²) in [4.78, 5) is 21.4. The lowest BCUT2D eigenvalue weighted by Crippen LogP contribution is -2.28. The van der Waals surface area contributed by atoms with Gasteiger partial charge in [-0.15, -0.1) is 0 Å². The van der Waals surface area contributed by atoms with Crippen molar-refractivity contribution in [2.45, 2.75) is 37.5 Å². The number of sulfone groups is 1. The minimum absolute atomic E-state index is 0.107. The van der Waals surface area contributed by atoms with E-state index in [9.17, 15) is 13.2 Å². The fourth-order valence-corrected chi connectivity index (χ4v) is 4.60. The summed E-state index contributed by atoms with van der Waals surface area (Å²) in [5, 5.41) is 3.88. The first-order valence-electron chi connectivity index (χ1n) is 11.6. The van der Waals surface area contributed by atoms with Gasteiger partial charge >= 0.3 is 0 Å². The maximum atomic E-state index is 12.6. The highest BCUT2D eigenvalue weighted by molar-refractivity contribution is 7.91. The van der Waals surface area contributed by atoms with Crippen LogP contribution in [-0.2, 0) is 14.6 Å². The van der Waals surface area contributed by atoms with E-state index in [-0.39, 0.29) is 11.9 Å². The van der Waals surface area contributed by atoms with Crippen LogP contribution in [0.15, 0.2) is 73.2 Å². The van der Waals surface area contributed by atoms with E-state index in [4.69, 9.17) is 0 Å². The van der Waals surface area contributed by atoms with Gasteiger partial charge < -0.3 is 5.32 Å². The van der Waals surface area contributed by atoms with Crippen LogP contribution >= 0.6 is 0 Å². The fraction of sp³-hybridized carbons (Fsp3) is 0.250. The van der Waals surface area contributed by atoms with Gasteiger partial charge in [0.25, 0.3) is 5.91 Å². The average Bonchev–Trinajstić information content (AvgIpc) is 3.67. The van der Waals surface area contributed by atoms with Crippen molar-refractivity contribution >= 4 is 26.6 Å². The topological polar surface area (TPSA) is 89.0 Å². The van der Waals surface area contributed by atoms with Crippen molar-refractivity contribution in [3.63, 3.8) is 0 Å². The van der Waals surface area contributed by atoms with Gasteiger partial charge in [0.15, 0.2) is 9.84 Å². The Morgan fingerprint density at radius 1 is 0.971 bits per heavy atom. The molecule has 5 rings (SSSR count). The van der Waals surface area contributed by atoms with Gasteiger partial charge in [0.2, 0.25) is 0 Å². The SMILES string of the molecule is CC(C)(c1cc(-c2cccc(-c3cncc(C(=O)NC4CC4)c3)c2)c2ncccc2c1)S(C)(=O)=O. The number of carbonyl (C=O) groups is 1. The molecule has 1 amide bonds. The highest BCUT2D eigenvalue weighted by atomic mass is 32.2. The fourth-order valence-electron chi connectivity index (χ4n) is 4.06. The number of amides is 1. The number of fused-ring (bicyclic) bond motifs is 1. The third-order valence-corrected chi connectivity index (χ3v) is 8.84. The number of nitrogens with one attached hydrogen (secondary N) is 1. The summed E-state index contributed by atoms with van der Waals surface area (Å²) >= 11 is 0. The third kappa shape index (κ3) is 4.56. The molecule has 0 radical (unpaired) electrons. The van der Waals surface area contributed by atoms with Crippen molar-refractivity contribution in [2.24, 2.45) is 0 Å². The van der Waals surface area contributed by atoms with Gasteiger partial charge in [-0.2, -0.15) is 0 Å². The van der Waals surface area contributed by atoms with Crippen molar-refractivity contribution in [3.05, 3.63) is 84.3 Å². The molecule has 0 bridgehead atoms. The molecule has 4 aromatic rings. The molecule has 2 aromatic heterocycles. The lowest BCUT2D eigenvalue weighted by atomic mass is 9.92. The molecule has 0 saturated heterocycles. The summed E-state index contributed by atoms with van der Waals surface area (Å²) in [6.07, 6.45) is 8.38. The second-order valence-electron chi connectivity index (χ2n) is 9.67. The molecule has 35 heavy (non-hydrogen) atoms. The molecule has 0 aliphatic heterocycles. The van der Waals surface area contributed by atoms with Gasteiger partial charge in [0, 0.05) is 47.4 Å². The Kier molecular flexibility index (Phi) is 5.68. The Bertz CT molecular complexity index is 1560. The van der Waals surface area contributed by atoms with Crippen molar-refractivity contribution < 1.29 is 13.2 Å². The number of hydrogen-bond donors (Lipinski definition) is 1. The van der Waals surface area contributed by atoms with Crippen LogP contribution in [0, 0.1) is 0 Å². The summed E-state index contributed by atoms with van der Waals surface area (Å²) in [6.45, 7) is 3.45. The number of benzene rings is 2. The molecule has 1 aliphatic rings. The molecule has 1 aliphatic carbocycles. The number of nitrogens with zero attached hydrogens (tertiary/aromatic N) is 2. The Morgan fingerprint density at radius 3 is 2.49 bits per heavy atom. The average molecular weight is 486 g/mol. The molecule has 178 valence electrons. The number of hydrogen-bond acceptors (Lipinski definition) is 5. The maximum Gasteiger partial charge on any atom is 0.253 e. The highest BCUT2D eigenvalue weighted by Crippen LogP contribution is 2.37. The Labute approximate surface area is 205 Å². The molecule has 1 N–H and O–H groups in total. The molecular weight excluding hydrogens is 458 g/mol. The first kappa shape index (κ1) is 23.2. The largest absolute Gasteiger partial charge is 0.349 e. The van der Waals surface area contributed by atoms with E-state index in [0.29, 0.717) is 11.1 Å². The third-order valence-electron chi connectivity index (χ3n) is 6.75. The zero-order valence-corrected chi connectivity index (χ0v) is 20.8. The summed E-state index contributed by atoms with van der Waals surface area (Å²) in [6, 6.07) is 17.7. The second-order valence-corrected chi connectivity index (χ2v) is 12.2.